The third kappa shape index (κ3) is 11.7. The molecule has 1 aliphatic heterocycles. The normalized spacial score (nSPS) is 16.7. The van der Waals surface area contributed by atoms with Gasteiger partial charge in [0.1, 0.15) is 12.1 Å². The fourth-order valence-electron chi connectivity index (χ4n) is 6.26. The van der Waals surface area contributed by atoms with Gasteiger partial charge in [-0.3, -0.25) is 28.8 Å². The van der Waals surface area contributed by atoms with E-state index in [9.17, 15) is 28.8 Å². The van der Waals surface area contributed by atoms with Crippen LogP contribution in [0.15, 0.2) is 60.7 Å². The Morgan fingerprint density at radius 1 is 0.882 bits per heavy atom. The molecule has 5 amide bonds. The summed E-state index contributed by atoms with van der Waals surface area (Å²) in [4.78, 5) is 82.3. The molecule has 12 heteroatoms. The third-order valence-corrected chi connectivity index (χ3v) is 9.22. The van der Waals surface area contributed by atoms with Crippen LogP contribution in [0.1, 0.15) is 89.8 Å². The average molecular weight is 705 g/mol. The van der Waals surface area contributed by atoms with Crippen LogP contribution in [0.5, 0.6) is 0 Å². The van der Waals surface area contributed by atoms with Crippen LogP contribution >= 0.6 is 0 Å². The van der Waals surface area contributed by atoms with Crippen LogP contribution < -0.4 is 21.3 Å². The lowest BCUT2D eigenvalue weighted by Gasteiger charge is -2.36. The number of nitrogens with one attached hydrogen (secondary N) is 4. The van der Waals surface area contributed by atoms with E-state index in [0.717, 1.165) is 6.42 Å². The van der Waals surface area contributed by atoms with E-state index in [1.807, 2.05) is 45.9 Å². The lowest BCUT2D eigenvalue weighted by Crippen LogP contribution is -2.58. The number of rotatable bonds is 17. The molecular weight excluding hydrogens is 648 g/mol. The summed E-state index contributed by atoms with van der Waals surface area (Å²) in [5.74, 6) is -3.29. The quantitative estimate of drug-likeness (QED) is 0.185. The number of benzene rings is 2. The molecule has 51 heavy (non-hydrogen) atoms. The summed E-state index contributed by atoms with van der Waals surface area (Å²) in [6, 6.07) is 15.5. The van der Waals surface area contributed by atoms with Gasteiger partial charge in [-0.15, -0.1) is 0 Å². The number of likely N-dealkylation sites (tertiary alicyclic amines) is 1. The van der Waals surface area contributed by atoms with Crippen LogP contribution in [0.3, 0.4) is 0 Å². The van der Waals surface area contributed by atoms with Gasteiger partial charge >= 0.3 is 0 Å². The second-order valence-electron chi connectivity index (χ2n) is 14.6. The van der Waals surface area contributed by atoms with E-state index in [2.05, 4.69) is 40.3 Å². The van der Waals surface area contributed by atoms with Crippen molar-refractivity contribution in [3.63, 3.8) is 0 Å². The Hall–Kier alpha value is -4.58. The zero-order valence-electron chi connectivity index (χ0n) is 31.2. The maximum Gasteiger partial charge on any atom is 0.290 e. The number of likely N-dealkylation sites (N-methyl/N-ethyl adjacent to an activating group) is 1. The van der Waals surface area contributed by atoms with Crippen molar-refractivity contribution in [1.29, 1.82) is 0 Å². The smallest absolute Gasteiger partial charge is 0.290 e. The number of Topliss-reactive ketones (excluding diaryl/α,β-unsaturated/α-hetero) is 1. The molecule has 3 rings (SSSR count). The molecule has 5 atom stereocenters. The second-order valence-corrected chi connectivity index (χ2v) is 14.6. The minimum atomic E-state index is -1.13. The van der Waals surface area contributed by atoms with Crippen molar-refractivity contribution in [3.8, 4) is 0 Å². The molecule has 1 heterocycles. The largest absolute Gasteiger partial charge is 0.347 e. The molecule has 0 saturated carbocycles. The lowest BCUT2D eigenvalue weighted by atomic mass is 9.85. The molecule has 3 unspecified atom stereocenters. The maximum absolute atomic E-state index is 14.0. The Bertz CT molecular complexity index is 1490. The standard InChI is InChI=1S/C39H56N6O6/c1-8-16-29(33(47)36(49)41-25-31(46)43-32(37(50)44(6)7)28-19-13-10-14-20-28)42-35(48)30-21-15-24-45(30)38(51)34(39(3,4)5)40-23-22-26(2)27-17-11-9-12-18-27/h9-14,17-20,26,29-30,32,34,40H,8,15-16,21-25H2,1-7H3,(H,41,49)(H,42,48)(H,43,46)/t26?,29?,30-,32-,34?/m0/s1. The van der Waals surface area contributed by atoms with E-state index in [-0.39, 0.29) is 18.2 Å². The molecule has 0 aromatic heterocycles. The highest BCUT2D eigenvalue weighted by Crippen LogP contribution is 2.27. The van der Waals surface area contributed by atoms with Crippen molar-refractivity contribution in [2.75, 3.05) is 33.7 Å². The number of ketones is 1. The Morgan fingerprint density at radius 2 is 1.49 bits per heavy atom. The Balaban J connectivity index is 1.61. The Labute approximate surface area is 302 Å². The minimum Gasteiger partial charge on any atom is -0.347 e. The summed E-state index contributed by atoms with van der Waals surface area (Å²) in [5, 5.41) is 11.2. The van der Waals surface area contributed by atoms with E-state index in [1.165, 1.54) is 10.5 Å². The number of hydrogen-bond acceptors (Lipinski definition) is 7. The molecule has 2 aromatic carbocycles. The Morgan fingerprint density at radius 3 is 2.06 bits per heavy atom. The molecule has 278 valence electrons. The zero-order valence-corrected chi connectivity index (χ0v) is 31.2. The first-order chi connectivity index (χ1) is 24.1. The fourth-order valence-corrected chi connectivity index (χ4v) is 6.26. The monoisotopic (exact) mass is 704 g/mol. The topological polar surface area (TPSA) is 157 Å². The van der Waals surface area contributed by atoms with Crippen LogP contribution in [0, 0.1) is 5.41 Å². The van der Waals surface area contributed by atoms with Gasteiger partial charge in [-0.25, -0.2) is 0 Å². The van der Waals surface area contributed by atoms with Crippen molar-refractivity contribution in [3.05, 3.63) is 71.8 Å². The van der Waals surface area contributed by atoms with E-state index < -0.39 is 59.6 Å². The van der Waals surface area contributed by atoms with Gasteiger partial charge in [0.25, 0.3) is 5.91 Å². The molecule has 1 fully saturated rings. The maximum atomic E-state index is 14.0. The van der Waals surface area contributed by atoms with Crippen LogP contribution in [0.25, 0.3) is 0 Å². The zero-order chi connectivity index (χ0) is 37.7. The predicted octanol–water partition coefficient (Wildman–Crippen LogP) is 3.09. The first-order valence-electron chi connectivity index (χ1n) is 17.9. The van der Waals surface area contributed by atoms with Gasteiger partial charge in [0.05, 0.1) is 18.6 Å². The molecule has 0 aliphatic carbocycles. The van der Waals surface area contributed by atoms with Gasteiger partial charge in [-0.2, -0.15) is 0 Å². The Kier molecular flexibility index (Phi) is 15.3. The molecule has 0 bridgehead atoms. The molecular formula is C39H56N6O6. The third-order valence-electron chi connectivity index (χ3n) is 9.22. The van der Waals surface area contributed by atoms with Crippen LogP contribution in [0.2, 0.25) is 0 Å². The average Bonchev–Trinajstić information content (AvgIpc) is 3.61. The summed E-state index contributed by atoms with van der Waals surface area (Å²) in [7, 11) is 3.14. The van der Waals surface area contributed by atoms with Crippen molar-refractivity contribution >= 4 is 35.3 Å². The van der Waals surface area contributed by atoms with E-state index in [0.29, 0.717) is 43.8 Å². The number of carbonyl (C=O) groups is 6. The summed E-state index contributed by atoms with van der Waals surface area (Å²) in [6.07, 6.45) is 2.60. The second kappa shape index (κ2) is 19.1. The molecule has 1 aliphatic rings. The van der Waals surface area contributed by atoms with Crippen LogP contribution in [0.4, 0.5) is 0 Å². The number of nitrogens with zero attached hydrogens (tertiary/aromatic N) is 2. The van der Waals surface area contributed by atoms with Crippen molar-refractivity contribution in [2.45, 2.75) is 96.8 Å². The van der Waals surface area contributed by atoms with E-state index in [4.69, 9.17) is 0 Å². The number of hydrogen-bond donors (Lipinski definition) is 4. The van der Waals surface area contributed by atoms with Gasteiger partial charge in [0, 0.05) is 20.6 Å². The summed E-state index contributed by atoms with van der Waals surface area (Å²) in [6.45, 7) is 10.4. The van der Waals surface area contributed by atoms with Gasteiger partial charge in [-0.05, 0) is 54.7 Å². The van der Waals surface area contributed by atoms with Gasteiger partial charge < -0.3 is 31.1 Å². The lowest BCUT2D eigenvalue weighted by molar-refractivity contribution is -0.144. The van der Waals surface area contributed by atoms with Crippen LogP contribution in [-0.4, -0.2) is 97.0 Å². The predicted molar refractivity (Wildman–Crippen MR) is 196 cm³/mol. The highest BCUT2D eigenvalue weighted by atomic mass is 16.2. The number of carbonyl (C=O) groups excluding carboxylic acids is 6. The fraction of sp³-hybridized carbons (Fsp3) is 0.538. The summed E-state index contributed by atoms with van der Waals surface area (Å²) >= 11 is 0. The van der Waals surface area contributed by atoms with Gasteiger partial charge in [0.2, 0.25) is 29.4 Å². The van der Waals surface area contributed by atoms with Crippen molar-refractivity contribution in [1.82, 2.24) is 31.1 Å². The molecule has 12 nitrogen and oxygen atoms in total. The highest BCUT2D eigenvalue weighted by Gasteiger charge is 2.42. The van der Waals surface area contributed by atoms with Crippen LogP contribution in [-0.2, 0) is 28.8 Å². The SMILES string of the molecule is CCCC(NC(=O)[C@@H]1CCCN1C(=O)C(NCCC(C)c1ccccc1)C(C)(C)C)C(=O)C(=O)NCC(=O)N[C@H](C(=O)N(C)C)c1ccccc1. The summed E-state index contributed by atoms with van der Waals surface area (Å²) in [5.41, 5.74) is 1.37. The van der Waals surface area contributed by atoms with Gasteiger partial charge in [-0.1, -0.05) is 102 Å². The number of amides is 5. The van der Waals surface area contributed by atoms with E-state index in [1.54, 1.807) is 49.3 Å². The molecule has 1 saturated heterocycles. The van der Waals surface area contributed by atoms with Gasteiger partial charge in [0.15, 0.2) is 0 Å². The molecule has 0 spiro atoms. The molecule has 2 aromatic rings. The summed E-state index contributed by atoms with van der Waals surface area (Å²) < 4.78 is 0. The van der Waals surface area contributed by atoms with Crippen molar-refractivity contribution in [2.24, 2.45) is 5.41 Å². The molecule has 0 radical (unpaired) electrons. The first-order valence-corrected chi connectivity index (χ1v) is 17.9. The van der Waals surface area contributed by atoms with Crippen molar-refractivity contribution < 1.29 is 28.8 Å². The highest BCUT2D eigenvalue weighted by molar-refractivity contribution is 6.38. The van der Waals surface area contributed by atoms with E-state index >= 15 is 0 Å². The minimum absolute atomic E-state index is 0.170. The first kappa shape index (κ1) is 40.8. The molecule has 4 N–H and O–H groups in total.